The quantitative estimate of drug-likeness (QED) is 0.815. The third-order valence-corrected chi connectivity index (χ3v) is 4.42. The molecule has 0 bridgehead atoms. The number of likely N-dealkylation sites (tertiary alicyclic amines) is 1. The van der Waals surface area contributed by atoms with Crippen molar-refractivity contribution in [2.75, 3.05) is 20.1 Å². The van der Waals surface area contributed by atoms with Crippen LogP contribution >= 0.6 is 11.6 Å². The molecule has 1 aromatic carbocycles. The first-order valence-corrected chi connectivity index (χ1v) is 7.16. The Morgan fingerprint density at radius 1 is 1.25 bits per heavy atom. The van der Waals surface area contributed by atoms with Gasteiger partial charge in [-0.05, 0) is 36.9 Å². The van der Waals surface area contributed by atoms with Gasteiger partial charge in [-0.3, -0.25) is 0 Å². The number of rotatable bonds is 2. The van der Waals surface area contributed by atoms with E-state index in [1.54, 1.807) is 6.08 Å². The standard InChI is InChI=1S/C17H18ClNO/c1-4-12-14-9-19(3)10-15(14)13-8-11(18)6-7-17(13)20-16(12)5-2/h4-8,14-15H,1-2,9-10H2,3H3. The van der Waals surface area contributed by atoms with Gasteiger partial charge in [0.15, 0.2) is 0 Å². The maximum atomic E-state index is 6.17. The topological polar surface area (TPSA) is 12.5 Å². The lowest BCUT2D eigenvalue weighted by molar-refractivity contribution is 0.393. The van der Waals surface area contributed by atoms with Gasteiger partial charge >= 0.3 is 0 Å². The minimum Gasteiger partial charge on any atom is -0.457 e. The van der Waals surface area contributed by atoms with Crippen molar-refractivity contribution < 1.29 is 4.74 Å². The average Bonchev–Trinajstić information content (AvgIpc) is 2.76. The fourth-order valence-corrected chi connectivity index (χ4v) is 3.48. The molecule has 0 aliphatic carbocycles. The third-order valence-electron chi connectivity index (χ3n) is 4.18. The molecule has 2 nitrogen and oxygen atoms in total. The lowest BCUT2D eigenvalue weighted by atomic mass is 9.83. The van der Waals surface area contributed by atoms with Crippen LogP contribution in [0.2, 0.25) is 5.02 Å². The first-order chi connectivity index (χ1) is 9.63. The van der Waals surface area contributed by atoms with E-state index in [4.69, 9.17) is 16.3 Å². The Morgan fingerprint density at radius 2 is 2.00 bits per heavy atom. The van der Waals surface area contributed by atoms with E-state index in [0.29, 0.717) is 11.8 Å². The Kier molecular flexibility index (Phi) is 3.45. The van der Waals surface area contributed by atoms with E-state index in [9.17, 15) is 0 Å². The molecule has 2 unspecified atom stereocenters. The van der Waals surface area contributed by atoms with E-state index in [0.717, 1.165) is 35.2 Å². The second-order valence-electron chi connectivity index (χ2n) is 5.45. The van der Waals surface area contributed by atoms with Crippen LogP contribution in [0.4, 0.5) is 0 Å². The molecule has 3 heteroatoms. The number of nitrogens with zero attached hydrogens (tertiary/aromatic N) is 1. The molecular formula is C17H18ClNO. The predicted molar refractivity (Wildman–Crippen MR) is 83.2 cm³/mol. The van der Waals surface area contributed by atoms with Crippen LogP contribution in [-0.4, -0.2) is 25.0 Å². The second kappa shape index (κ2) is 5.12. The summed E-state index contributed by atoms with van der Waals surface area (Å²) in [6.45, 7) is 9.84. The molecule has 20 heavy (non-hydrogen) atoms. The molecule has 3 rings (SSSR count). The van der Waals surface area contributed by atoms with Gasteiger partial charge in [-0.1, -0.05) is 30.8 Å². The van der Waals surface area contributed by atoms with Crippen molar-refractivity contribution in [2.45, 2.75) is 5.92 Å². The number of ether oxygens (including phenoxy) is 1. The molecular weight excluding hydrogens is 270 g/mol. The number of allylic oxidation sites excluding steroid dienone is 2. The molecule has 104 valence electrons. The number of benzene rings is 1. The second-order valence-corrected chi connectivity index (χ2v) is 5.88. The largest absolute Gasteiger partial charge is 0.457 e. The van der Waals surface area contributed by atoms with Crippen LogP contribution in [-0.2, 0) is 0 Å². The van der Waals surface area contributed by atoms with Gasteiger partial charge in [0.05, 0.1) is 0 Å². The maximum absolute atomic E-state index is 6.17. The molecule has 0 spiro atoms. The number of halogens is 1. The van der Waals surface area contributed by atoms with Gasteiger partial charge in [0.25, 0.3) is 0 Å². The van der Waals surface area contributed by atoms with Crippen molar-refractivity contribution in [3.8, 4) is 5.75 Å². The van der Waals surface area contributed by atoms with Crippen LogP contribution in [0, 0.1) is 5.92 Å². The lowest BCUT2D eigenvalue weighted by Crippen LogP contribution is -2.15. The highest BCUT2D eigenvalue weighted by atomic mass is 35.5. The van der Waals surface area contributed by atoms with Crippen LogP contribution in [0.1, 0.15) is 11.5 Å². The SMILES string of the molecule is C=CC1=C(C=C)C2CN(C)CC2c2cc(Cl)ccc2O1. The summed E-state index contributed by atoms with van der Waals surface area (Å²) in [7, 11) is 2.15. The molecule has 0 saturated carbocycles. The van der Waals surface area contributed by atoms with Crippen LogP contribution in [0.25, 0.3) is 0 Å². The van der Waals surface area contributed by atoms with Gasteiger partial charge in [-0.25, -0.2) is 0 Å². The zero-order chi connectivity index (χ0) is 14.3. The van der Waals surface area contributed by atoms with Gasteiger partial charge in [0.2, 0.25) is 0 Å². The summed E-state index contributed by atoms with van der Waals surface area (Å²) < 4.78 is 6.05. The average molecular weight is 288 g/mol. The summed E-state index contributed by atoms with van der Waals surface area (Å²) in [5.41, 5.74) is 2.32. The van der Waals surface area contributed by atoms with Crippen molar-refractivity contribution in [1.82, 2.24) is 4.90 Å². The molecule has 1 fully saturated rings. The normalized spacial score (nSPS) is 25.5. The lowest BCUT2D eigenvalue weighted by Gasteiger charge is -2.18. The van der Waals surface area contributed by atoms with E-state index < -0.39 is 0 Å². The Hall–Kier alpha value is -1.51. The molecule has 1 saturated heterocycles. The zero-order valence-electron chi connectivity index (χ0n) is 11.6. The fraction of sp³-hybridized carbons (Fsp3) is 0.294. The Balaban J connectivity index is 2.19. The van der Waals surface area contributed by atoms with Crippen molar-refractivity contribution in [3.63, 3.8) is 0 Å². The van der Waals surface area contributed by atoms with Crippen LogP contribution in [0.3, 0.4) is 0 Å². The van der Waals surface area contributed by atoms with Gasteiger partial charge in [-0.2, -0.15) is 0 Å². The van der Waals surface area contributed by atoms with E-state index in [1.165, 1.54) is 5.56 Å². The molecule has 0 N–H and O–H groups in total. The smallest absolute Gasteiger partial charge is 0.131 e. The van der Waals surface area contributed by atoms with E-state index in [2.05, 4.69) is 25.1 Å². The van der Waals surface area contributed by atoms with Gasteiger partial charge in [0, 0.05) is 35.5 Å². The van der Waals surface area contributed by atoms with Gasteiger partial charge in [0.1, 0.15) is 11.5 Å². The van der Waals surface area contributed by atoms with E-state index in [-0.39, 0.29) is 0 Å². The molecule has 2 aliphatic heterocycles. The number of fused-ring (bicyclic) bond motifs is 3. The van der Waals surface area contributed by atoms with Crippen molar-refractivity contribution in [1.29, 1.82) is 0 Å². The molecule has 2 atom stereocenters. The van der Waals surface area contributed by atoms with Crippen LogP contribution < -0.4 is 4.74 Å². The van der Waals surface area contributed by atoms with Crippen molar-refractivity contribution in [3.05, 3.63) is 65.4 Å². The minimum absolute atomic E-state index is 0.380. The number of hydrogen-bond donors (Lipinski definition) is 0. The number of hydrogen-bond acceptors (Lipinski definition) is 2. The van der Waals surface area contributed by atoms with Crippen molar-refractivity contribution in [2.24, 2.45) is 5.92 Å². The van der Waals surface area contributed by atoms with Crippen LogP contribution in [0.5, 0.6) is 5.75 Å². The highest BCUT2D eigenvalue weighted by molar-refractivity contribution is 6.30. The summed E-state index contributed by atoms with van der Waals surface area (Å²) >= 11 is 6.17. The Bertz CT molecular complexity index is 605. The highest BCUT2D eigenvalue weighted by Gasteiger charge is 2.38. The predicted octanol–water partition coefficient (Wildman–Crippen LogP) is 4.00. The van der Waals surface area contributed by atoms with Crippen LogP contribution in [0.15, 0.2) is 54.8 Å². The molecule has 2 aliphatic rings. The van der Waals surface area contributed by atoms with Crippen molar-refractivity contribution >= 4 is 11.6 Å². The fourth-order valence-electron chi connectivity index (χ4n) is 3.30. The molecule has 0 radical (unpaired) electrons. The maximum Gasteiger partial charge on any atom is 0.131 e. The molecule has 0 amide bonds. The molecule has 2 heterocycles. The summed E-state index contributed by atoms with van der Waals surface area (Å²) in [6.07, 6.45) is 3.68. The van der Waals surface area contributed by atoms with Gasteiger partial charge in [-0.15, -0.1) is 0 Å². The summed E-state index contributed by atoms with van der Waals surface area (Å²) in [4.78, 5) is 2.34. The Labute approximate surface area is 125 Å². The Morgan fingerprint density at radius 3 is 2.70 bits per heavy atom. The van der Waals surface area contributed by atoms with E-state index in [1.807, 2.05) is 24.3 Å². The van der Waals surface area contributed by atoms with E-state index >= 15 is 0 Å². The minimum atomic E-state index is 0.380. The monoisotopic (exact) mass is 287 g/mol. The summed E-state index contributed by atoms with van der Waals surface area (Å²) in [5, 5.41) is 0.753. The van der Waals surface area contributed by atoms with Gasteiger partial charge < -0.3 is 9.64 Å². The highest BCUT2D eigenvalue weighted by Crippen LogP contribution is 2.45. The summed E-state index contributed by atoms with van der Waals surface area (Å²) in [5.74, 6) is 2.46. The number of likely N-dealkylation sites (N-methyl/N-ethyl adjacent to an activating group) is 1. The molecule has 1 aromatic rings. The molecule has 0 aromatic heterocycles. The summed E-state index contributed by atoms with van der Waals surface area (Å²) in [6, 6.07) is 5.84. The first-order valence-electron chi connectivity index (χ1n) is 6.79. The zero-order valence-corrected chi connectivity index (χ0v) is 12.4. The first kappa shape index (κ1) is 13.5. The third kappa shape index (κ3) is 2.09.